The summed E-state index contributed by atoms with van der Waals surface area (Å²) in [7, 11) is 0. The lowest BCUT2D eigenvalue weighted by atomic mass is 10.0. The third-order valence-corrected chi connectivity index (χ3v) is 5.54. The van der Waals surface area contributed by atoms with Crippen LogP contribution in [0, 0.1) is 13.8 Å². The van der Waals surface area contributed by atoms with Crippen molar-refractivity contribution in [1.29, 1.82) is 0 Å². The maximum atomic E-state index is 12.8. The highest BCUT2D eigenvalue weighted by molar-refractivity contribution is 5.96. The molecule has 164 valence electrons. The van der Waals surface area contributed by atoms with Gasteiger partial charge in [-0.05, 0) is 54.8 Å². The van der Waals surface area contributed by atoms with Crippen LogP contribution in [0.2, 0.25) is 0 Å². The maximum absolute atomic E-state index is 12.8. The molecule has 0 aliphatic heterocycles. The maximum Gasteiger partial charge on any atom is 0.246 e. The molecule has 0 bridgehead atoms. The molecule has 0 saturated carbocycles. The van der Waals surface area contributed by atoms with Crippen LogP contribution < -0.4 is 5.32 Å². The van der Waals surface area contributed by atoms with Crippen LogP contribution in [0.5, 0.6) is 0 Å². The number of benzene rings is 2. The molecule has 5 aromatic rings. The molecule has 1 N–H and O–H groups in total. The topological polar surface area (TPSA) is 77.6 Å². The molecule has 3 aromatic heterocycles. The van der Waals surface area contributed by atoms with E-state index in [0.29, 0.717) is 12.2 Å². The highest BCUT2D eigenvalue weighted by atomic mass is 16.2. The van der Waals surface area contributed by atoms with E-state index in [1.54, 1.807) is 17.1 Å². The average molecular weight is 437 g/mol. The summed E-state index contributed by atoms with van der Waals surface area (Å²) in [6.45, 7) is 4.76. The van der Waals surface area contributed by atoms with Gasteiger partial charge in [-0.25, -0.2) is 9.67 Å². The van der Waals surface area contributed by atoms with Crippen molar-refractivity contribution in [3.8, 4) is 11.1 Å². The van der Waals surface area contributed by atoms with Gasteiger partial charge in [0.1, 0.15) is 6.54 Å². The molecule has 0 atom stereocenters. The first-order valence-corrected chi connectivity index (χ1v) is 10.8. The van der Waals surface area contributed by atoms with E-state index < -0.39 is 0 Å². The van der Waals surface area contributed by atoms with E-state index in [2.05, 4.69) is 45.6 Å². The predicted molar refractivity (Wildman–Crippen MR) is 129 cm³/mol. The van der Waals surface area contributed by atoms with Crippen LogP contribution in [0.1, 0.15) is 16.8 Å². The number of amides is 1. The number of carbonyl (C=O) groups is 1. The van der Waals surface area contributed by atoms with E-state index in [1.165, 1.54) is 5.56 Å². The third kappa shape index (κ3) is 4.39. The number of nitrogens with one attached hydrogen (secondary N) is 1. The first-order chi connectivity index (χ1) is 16.1. The Bertz CT molecular complexity index is 1430. The smallest absolute Gasteiger partial charge is 0.246 e. The number of aromatic nitrogens is 5. The number of anilines is 1. The van der Waals surface area contributed by atoms with Crippen LogP contribution in [0.3, 0.4) is 0 Å². The van der Waals surface area contributed by atoms with Gasteiger partial charge in [0.25, 0.3) is 0 Å². The van der Waals surface area contributed by atoms with Gasteiger partial charge < -0.3 is 5.32 Å². The molecule has 0 spiro atoms. The lowest BCUT2D eigenvalue weighted by molar-refractivity contribution is -0.116. The number of carbonyl (C=O) groups excluding carboxylic acids is 1. The SMILES string of the molecule is Cc1cccc(-c2ccnc3c2c(C)nn3CC(=O)Nc2cccc(Cn3cccn3)c2)c1. The van der Waals surface area contributed by atoms with Crippen molar-refractivity contribution >= 4 is 22.6 Å². The van der Waals surface area contributed by atoms with Gasteiger partial charge in [-0.2, -0.15) is 10.2 Å². The van der Waals surface area contributed by atoms with Gasteiger partial charge in [-0.3, -0.25) is 9.48 Å². The summed E-state index contributed by atoms with van der Waals surface area (Å²) in [6.07, 6.45) is 5.43. The number of hydrogen-bond acceptors (Lipinski definition) is 4. The van der Waals surface area contributed by atoms with Crippen LogP contribution >= 0.6 is 0 Å². The summed E-state index contributed by atoms with van der Waals surface area (Å²) in [5.74, 6) is -0.154. The van der Waals surface area contributed by atoms with Crippen LogP contribution in [-0.2, 0) is 17.9 Å². The van der Waals surface area contributed by atoms with Gasteiger partial charge in [-0.1, -0.05) is 42.0 Å². The second-order valence-electron chi connectivity index (χ2n) is 8.12. The second kappa shape index (κ2) is 8.70. The van der Waals surface area contributed by atoms with Crippen molar-refractivity contribution in [1.82, 2.24) is 24.5 Å². The Morgan fingerprint density at radius 2 is 1.88 bits per heavy atom. The normalized spacial score (nSPS) is 11.1. The molecule has 0 fully saturated rings. The minimum absolute atomic E-state index is 0.0813. The zero-order valence-corrected chi connectivity index (χ0v) is 18.6. The van der Waals surface area contributed by atoms with E-state index >= 15 is 0 Å². The standard InChI is InChI=1S/C26H24N6O/c1-18-6-3-8-21(14-18)23-10-12-27-26-25(23)19(2)30-32(26)17-24(33)29-22-9-4-7-20(15-22)16-31-13-5-11-28-31/h3-15H,16-17H2,1-2H3,(H,29,33). The summed E-state index contributed by atoms with van der Waals surface area (Å²) >= 11 is 0. The molecular formula is C26H24N6O. The number of nitrogens with zero attached hydrogens (tertiary/aromatic N) is 5. The second-order valence-corrected chi connectivity index (χ2v) is 8.12. The highest BCUT2D eigenvalue weighted by Gasteiger charge is 2.16. The molecule has 33 heavy (non-hydrogen) atoms. The van der Waals surface area contributed by atoms with Crippen LogP contribution in [0.15, 0.2) is 79.3 Å². The van der Waals surface area contributed by atoms with E-state index in [9.17, 15) is 4.79 Å². The van der Waals surface area contributed by atoms with Gasteiger partial charge in [0.15, 0.2) is 5.65 Å². The quantitative estimate of drug-likeness (QED) is 0.422. The first kappa shape index (κ1) is 20.6. The molecule has 0 radical (unpaired) electrons. The molecule has 0 unspecified atom stereocenters. The fraction of sp³-hybridized carbons (Fsp3) is 0.154. The third-order valence-electron chi connectivity index (χ3n) is 5.54. The highest BCUT2D eigenvalue weighted by Crippen LogP contribution is 2.30. The van der Waals surface area contributed by atoms with Crippen LogP contribution in [-0.4, -0.2) is 30.5 Å². The Balaban J connectivity index is 1.38. The number of hydrogen-bond donors (Lipinski definition) is 1. The van der Waals surface area contributed by atoms with Crippen molar-refractivity contribution in [2.75, 3.05) is 5.32 Å². The van der Waals surface area contributed by atoms with Gasteiger partial charge in [0.2, 0.25) is 5.91 Å². The van der Waals surface area contributed by atoms with E-state index in [-0.39, 0.29) is 12.5 Å². The van der Waals surface area contributed by atoms with Crippen molar-refractivity contribution in [2.45, 2.75) is 26.9 Å². The van der Waals surface area contributed by atoms with E-state index in [1.807, 2.05) is 60.3 Å². The average Bonchev–Trinajstić information content (AvgIpc) is 3.42. The lowest BCUT2D eigenvalue weighted by Gasteiger charge is -2.09. The monoisotopic (exact) mass is 436 g/mol. The largest absolute Gasteiger partial charge is 0.324 e. The molecule has 7 heteroatoms. The fourth-order valence-corrected chi connectivity index (χ4v) is 4.11. The fourth-order valence-electron chi connectivity index (χ4n) is 4.11. The summed E-state index contributed by atoms with van der Waals surface area (Å²) in [6, 6.07) is 20.0. The minimum atomic E-state index is -0.154. The van der Waals surface area contributed by atoms with Gasteiger partial charge in [0, 0.05) is 29.7 Å². The Morgan fingerprint density at radius 3 is 2.70 bits per heavy atom. The number of pyridine rings is 1. The Hall–Kier alpha value is -4.26. The Kier molecular flexibility index (Phi) is 5.44. The van der Waals surface area contributed by atoms with Crippen molar-refractivity contribution in [2.24, 2.45) is 0 Å². The predicted octanol–water partition coefficient (Wildman–Crippen LogP) is 4.60. The number of fused-ring (bicyclic) bond motifs is 1. The number of rotatable bonds is 6. The molecule has 0 aliphatic rings. The molecule has 5 rings (SSSR count). The van der Waals surface area contributed by atoms with Crippen molar-refractivity contribution < 1.29 is 4.79 Å². The molecule has 7 nitrogen and oxygen atoms in total. The summed E-state index contributed by atoms with van der Waals surface area (Å²) < 4.78 is 3.52. The zero-order valence-electron chi connectivity index (χ0n) is 18.6. The van der Waals surface area contributed by atoms with E-state index in [0.717, 1.165) is 33.5 Å². The summed E-state index contributed by atoms with van der Waals surface area (Å²) in [4.78, 5) is 17.4. The minimum Gasteiger partial charge on any atom is -0.324 e. The molecule has 2 aromatic carbocycles. The van der Waals surface area contributed by atoms with Crippen LogP contribution in [0.4, 0.5) is 5.69 Å². The van der Waals surface area contributed by atoms with E-state index in [4.69, 9.17) is 0 Å². The number of aryl methyl sites for hydroxylation is 2. The molecule has 3 heterocycles. The molecule has 1 amide bonds. The van der Waals surface area contributed by atoms with Gasteiger partial charge in [0.05, 0.1) is 12.2 Å². The summed E-state index contributed by atoms with van der Waals surface area (Å²) in [5, 5.41) is 12.8. The van der Waals surface area contributed by atoms with Crippen molar-refractivity contribution in [3.05, 3.63) is 96.1 Å². The zero-order chi connectivity index (χ0) is 22.8. The Labute approximate surface area is 191 Å². The van der Waals surface area contributed by atoms with Crippen molar-refractivity contribution in [3.63, 3.8) is 0 Å². The molecule has 0 aliphatic carbocycles. The molecular weight excluding hydrogens is 412 g/mol. The van der Waals surface area contributed by atoms with Crippen LogP contribution in [0.25, 0.3) is 22.2 Å². The molecule has 0 saturated heterocycles. The lowest BCUT2D eigenvalue weighted by Crippen LogP contribution is -2.20. The Morgan fingerprint density at radius 1 is 1.00 bits per heavy atom. The first-order valence-electron chi connectivity index (χ1n) is 10.8. The van der Waals surface area contributed by atoms with Gasteiger partial charge in [-0.15, -0.1) is 0 Å². The summed E-state index contributed by atoms with van der Waals surface area (Å²) in [5.41, 5.74) is 6.73. The van der Waals surface area contributed by atoms with Gasteiger partial charge >= 0.3 is 0 Å².